The van der Waals surface area contributed by atoms with Gasteiger partial charge in [-0.05, 0) is 0 Å². The molecule has 0 unspecified atom stereocenters. The van der Waals surface area contributed by atoms with Crippen molar-refractivity contribution >= 4 is 46.7 Å². The van der Waals surface area contributed by atoms with Crippen molar-refractivity contribution in [3.05, 3.63) is 0 Å². The van der Waals surface area contributed by atoms with Gasteiger partial charge < -0.3 is 0 Å². The van der Waals surface area contributed by atoms with Gasteiger partial charge in [-0.1, -0.05) is 0 Å². The van der Waals surface area contributed by atoms with Gasteiger partial charge in [0.15, 0.2) is 0 Å². The third-order valence-corrected chi connectivity index (χ3v) is 14.3. The molecule has 0 heterocycles. The zero-order valence-corrected chi connectivity index (χ0v) is 13.2. The van der Waals surface area contributed by atoms with Crippen molar-refractivity contribution in [3.63, 3.8) is 0 Å². The van der Waals surface area contributed by atoms with Gasteiger partial charge >= 0.3 is 97.4 Å². The largest absolute Gasteiger partial charge is 0 e. The molecule has 0 N–H and O–H groups in total. The van der Waals surface area contributed by atoms with Crippen LogP contribution in [0.5, 0.6) is 0 Å². The molecule has 12 heteroatoms. The molecule has 0 aromatic rings. The molecule has 0 fully saturated rings. The fraction of sp³-hybridized carbons (Fsp3) is 0. The molecule has 0 bridgehead atoms. The van der Waals surface area contributed by atoms with E-state index >= 15 is 0 Å². The Labute approximate surface area is 131 Å². The second-order valence-electron chi connectivity index (χ2n) is 4.99. The second-order valence-corrected chi connectivity index (χ2v) is 20.6. The summed E-state index contributed by atoms with van der Waals surface area (Å²) in [5.41, 5.74) is 0. The van der Waals surface area contributed by atoms with Crippen molar-refractivity contribution in [1.29, 1.82) is 0 Å². The van der Waals surface area contributed by atoms with E-state index in [9.17, 15) is 43.2 Å². The first-order chi connectivity index (χ1) is 8.49. The molecule has 0 atom stereocenters. The summed E-state index contributed by atoms with van der Waals surface area (Å²) in [6.07, 6.45) is 0. The van der Waals surface area contributed by atoms with Crippen LogP contribution in [0.2, 0.25) is 0 Å². The molecule has 0 radical (unpaired) electrons. The monoisotopic (exact) mass is 429 g/mol. The van der Waals surface area contributed by atoms with Gasteiger partial charge in [0.1, 0.15) is 0 Å². The van der Waals surface area contributed by atoms with Crippen LogP contribution in [0.25, 0.3) is 0 Å². The van der Waals surface area contributed by atoms with E-state index in [0.29, 0.717) is 0 Å². The van der Waals surface area contributed by atoms with Crippen molar-refractivity contribution in [2.75, 3.05) is 0 Å². The molecule has 9 nitrogen and oxygen atoms in total. The van der Waals surface area contributed by atoms with Crippen LogP contribution in [0.15, 0.2) is 0 Å². The van der Waals surface area contributed by atoms with Gasteiger partial charge in [-0.25, -0.2) is 0 Å². The molecule has 0 aliphatic heterocycles. The number of carbonyl (C=O) groups is 9. The van der Waals surface area contributed by atoms with Gasteiger partial charge in [-0.15, -0.1) is 0 Å². The predicted octanol–water partition coefficient (Wildman–Crippen LogP) is -2.47. The minimum Gasteiger partial charge on any atom is 0 e. The maximum atomic E-state index is 11.5. The fourth-order valence-corrected chi connectivity index (χ4v) is 2.92. The van der Waals surface area contributed by atoms with Crippen molar-refractivity contribution < 1.29 is 84.9 Å². The van der Waals surface area contributed by atoms with Gasteiger partial charge in [-0.3, -0.25) is 0 Å². The summed E-state index contributed by atoms with van der Waals surface area (Å²) in [5, 5.41) is -12.0. The Bertz CT molecular complexity index is 494. The molecule has 0 aliphatic rings. The third-order valence-electron chi connectivity index (χ3n) is 3.46. The molecule has 0 aromatic heterocycles. The Hall–Kier alpha value is -1.41. The average molecular weight is 429 g/mol. The number of hydrogen-bond donors (Lipinski definition) is 0. The maximum Gasteiger partial charge on any atom is 0 e. The fourth-order valence-electron chi connectivity index (χ4n) is 0.707. The SMILES string of the molecule is O=[CH][Fe]([CH]=O)([CH]=O)([CH]=O)([CH]=O)([CH]=O)([CH]=O)([CH]=O)[CH]=O.[Fe].[Fe]. The van der Waals surface area contributed by atoms with Crippen molar-refractivity contribution in [1.82, 2.24) is 0 Å². The zero-order chi connectivity index (χ0) is 15.7. The van der Waals surface area contributed by atoms with Crippen LogP contribution in [0, 0.1) is 0 Å². The van der Waals surface area contributed by atoms with Crippen LogP contribution in [-0.4, -0.2) is 46.7 Å². The molecule has 123 valence electrons. The van der Waals surface area contributed by atoms with E-state index in [1.807, 2.05) is 0 Å². The quantitative estimate of drug-likeness (QED) is 0.287. The van der Waals surface area contributed by atoms with E-state index in [2.05, 4.69) is 0 Å². The average Bonchev–Trinajstić information content (AvgIpc) is 2.57. The number of hydrogen-bond acceptors (Lipinski definition) is 9. The van der Waals surface area contributed by atoms with Crippen LogP contribution in [-0.2, 0) is 84.9 Å². The first-order valence-electron chi connectivity index (χ1n) is 3.96. The third kappa shape index (κ3) is 1.03. The Balaban J connectivity index is -0.00000162. The van der Waals surface area contributed by atoms with Crippen LogP contribution < -0.4 is 0 Å². The summed E-state index contributed by atoms with van der Waals surface area (Å²) in [4.78, 5) is 103. The van der Waals surface area contributed by atoms with E-state index < -0.39 is 54.2 Å². The topological polar surface area (TPSA) is 154 Å². The summed E-state index contributed by atoms with van der Waals surface area (Å²) in [6, 6.07) is 0. The van der Waals surface area contributed by atoms with Crippen molar-refractivity contribution in [2.45, 2.75) is 0 Å². The molecular formula is C9H9Fe3O9. The molecule has 0 rings (SSSR count). The molecule has 0 aromatic carbocycles. The molecule has 0 saturated carbocycles. The van der Waals surface area contributed by atoms with Crippen molar-refractivity contribution in [2.24, 2.45) is 0 Å². The van der Waals surface area contributed by atoms with E-state index in [0.717, 1.165) is 0 Å². The Morgan fingerprint density at radius 3 is 0.429 bits per heavy atom. The van der Waals surface area contributed by atoms with Gasteiger partial charge in [0.2, 0.25) is 0 Å². The minimum absolute atomic E-state index is 0. The summed E-state index contributed by atoms with van der Waals surface area (Å²) in [6.45, 7) is 0. The second kappa shape index (κ2) is 3.03. The maximum absolute atomic E-state index is 11.5. The Morgan fingerprint density at radius 1 is 0.333 bits per heavy atom. The van der Waals surface area contributed by atoms with Gasteiger partial charge in [0, 0.05) is 34.1 Å². The molecule has 0 aliphatic carbocycles. The first-order valence-corrected chi connectivity index (χ1v) is 9.70. The zero-order valence-electron chi connectivity index (χ0n) is 9.93. The van der Waals surface area contributed by atoms with E-state index in [-0.39, 0.29) is 34.1 Å². The Morgan fingerprint density at radius 2 is 0.429 bits per heavy atom. The smallest absolute Gasteiger partial charge is 0 e. The normalized spacial score (nSPS) is 19.7. The predicted molar refractivity (Wildman–Crippen MR) is 60.8 cm³/mol. The molecule has 21 heavy (non-hydrogen) atoms. The minimum atomic E-state index is -10.1. The van der Waals surface area contributed by atoms with Gasteiger partial charge in [0.05, 0.1) is 0 Å². The van der Waals surface area contributed by atoms with Crippen LogP contribution in [0.4, 0.5) is 0 Å². The summed E-state index contributed by atoms with van der Waals surface area (Å²) in [5.74, 6) is 0. The van der Waals surface area contributed by atoms with Crippen LogP contribution in [0.3, 0.4) is 0 Å². The number of carbonyl (C=O) groups excluding carboxylic acids is 9. The van der Waals surface area contributed by atoms with E-state index in [1.54, 1.807) is 0 Å². The van der Waals surface area contributed by atoms with Gasteiger partial charge in [0.25, 0.3) is 0 Å². The first kappa shape index (κ1) is 24.6. The van der Waals surface area contributed by atoms with E-state index in [4.69, 9.17) is 0 Å². The standard InChI is InChI=1S/9CHO.3Fe/c9*1-2;;;/h9*1H;;;. The van der Waals surface area contributed by atoms with Crippen molar-refractivity contribution in [3.8, 4) is 0 Å². The van der Waals surface area contributed by atoms with Crippen LogP contribution in [0.1, 0.15) is 0 Å². The Kier molecular flexibility index (Phi) is 3.54. The molecule has 0 amide bonds. The number of rotatable bonds is 9. The molecular weight excluding hydrogens is 420 g/mol. The van der Waals surface area contributed by atoms with Gasteiger partial charge in [-0.2, -0.15) is 0 Å². The van der Waals surface area contributed by atoms with E-state index in [1.165, 1.54) is 0 Å². The summed E-state index contributed by atoms with van der Waals surface area (Å²) >= 11 is 0. The summed E-state index contributed by atoms with van der Waals surface area (Å²) < 4.78 is 0. The molecule has 0 saturated heterocycles. The molecule has 0 spiro atoms. The summed E-state index contributed by atoms with van der Waals surface area (Å²) in [7, 11) is -10.1. The van der Waals surface area contributed by atoms with Crippen LogP contribution >= 0.6 is 0 Å².